The molecule has 0 radical (unpaired) electrons. The van der Waals surface area contributed by atoms with Crippen LogP contribution in [0.1, 0.15) is 40.0 Å². The molecule has 0 bridgehead atoms. The van der Waals surface area contributed by atoms with E-state index in [1.807, 2.05) is 19.2 Å². The predicted octanol–water partition coefficient (Wildman–Crippen LogP) is 2.38. The van der Waals surface area contributed by atoms with E-state index in [0.717, 1.165) is 10.7 Å². The number of rotatable bonds is 3. The lowest BCUT2D eigenvalue weighted by Gasteiger charge is -2.23. The summed E-state index contributed by atoms with van der Waals surface area (Å²) in [5.74, 6) is 0.495. The zero-order chi connectivity index (χ0) is 14.0. The fourth-order valence-corrected chi connectivity index (χ4v) is 2.53. The molecule has 2 rings (SSSR count). The van der Waals surface area contributed by atoms with Crippen LogP contribution in [0.15, 0.2) is 17.6 Å². The van der Waals surface area contributed by atoms with Crippen LogP contribution in [0.3, 0.4) is 0 Å². The van der Waals surface area contributed by atoms with Crippen LogP contribution in [0, 0.1) is 13.8 Å². The van der Waals surface area contributed by atoms with E-state index >= 15 is 0 Å². The molecule has 2 aromatic heterocycles. The van der Waals surface area contributed by atoms with Crippen molar-refractivity contribution in [2.24, 2.45) is 0 Å². The Balaban J connectivity index is 2.23. The summed E-state index contributed by atoms with van der Waals surface area (Å²) in [7, 11) is 1.77. The molecule has 2 heterocycles. The average molecular weight is 276 g/mol. The first-order valence-electron chi connectivity index (χ1n) is 5.98. The summed E-state index contributed by atoms with van der Waals surface area (Å²) in [6.07, 6.45) is 1.74. The lowest BCUT2D eigenvalue weighted by Crippen LogP contribution is -2.30. The van der Waals surface area contributed by atoms with Crippen LogP contribution in [0.2, 0.25) is 0 Å². The van der Waals surface area contributed by atoms with Gasteiger partial charge in [-0.25, -0.2) is 15.0 Å². The van der Waals surface area contributed by atoms with Crippen molar-refractivity contribution in [2.75, 3.05) is 7.05 Å². The molecule has 0 aromatic carbocycles. The highest BCUT2D eigenvalue weighted by molar-refractivity contribution is 7.09. The topological polar surface area (TPSA) is 59.0 Å². The van der Waals surface area contributed by atoms with Gasteiger partial charge in [-0.3, -0.25) is 4.79 Å². The smallest absolute Gasteiger partial charge is 0.272 e. The van der Waals surface area contributed by atoms with Gasteiger partial charge in [0.05, 0.1) is 6.04 Å². The van der Waals surface area contributed by atoms with Crippen LogP contribution >= 0.6 is 11.3 Å². The number of aryl methyl sites for hydroxylation is 2. The Labute approximate surface area is 116 Å². The minimum Gasteiger partial charge on any atom is -0.331 e. The Morgan fingerprint density at radius 1 is 1.37 bits per heavy atom. The quantitative estimate of drug-likeness (QED) is 0.863. The molecule has 5 nitrogen and oxygen atoms in total. The van der Waals surface area contributed by atoms with E-state index in [2.05, 4.69) is 15.0 Å². The Kier molecular flexibility index (Phi) is 3.90. The van der Waals surface area contributed by atoms with Crippen molar-refractivity contribution in [1.29, 1.82) is 0 Å². The van der Waals surface area contributed by atoms with Crippen molar-refractivity contribution in [3.05, 3.63) is 39.9 Å². The van der Waals surface area contributed by atoms with Crippen molar-refractivity contribution in [3.8, 4) is 0 Å². The minimum absolute atomic E-state index is 0.0666. The van der Waals surface area contributed by atoms with E-state index in [4.69, 9.17) is 0 Å². The second-order valence-corrected chi connectivity index (χ2v) is 5.33. The third kappa shape index (κ3) is 2.96. The number of thiazole rings is 1. The highest BCUT2D eigenvalue weighted by atomic mass is 32.1. The van der Waals surface area contributed by atoms with Gasteiger partial charge in [-0.1, -0.05) is 0 Å². The zero-order valence-corrected chi connectivity index (χ0v) is 12.2. The average Bonchev–Trinajstić information content (AvgIpc) is 2.88. The lowest BCUT2D eigenvalue weighted by molar-refractivity contribution is 0.0736. The molecule has 0 aliphatic carbocycles. The van der Waals surface area contributed by atoms with E-state index in [1.54, 1.807) is 42.5 Å². The van der Waals surface area contributed by atoms with Gasteiger partial charge in [0, 0.05) is 24.3 Å². The van der Waals surface area contributed by atoms with Crippen molar-refractivity contribution < 1.29 is 4.79 Å². The zero-order valence-electron chi connectivity index (χ0n) is 11.4. The van der Waals surface area contributed by atoms with Crippen LogP contribution < -0.4 is 0 Å². The number of carbonyl (C=O) groups is 1. The lowest BCUT2D eigenvalue weighted by atomic mass is 10.2. The molecule has 6 heteroatoms. The van der Waals surface area contributed by atoms with Crippen LogP contribution in [-0.4, -0.2) is 32.8 Å². The Hall–Kier alpha value is -1.82. The standard InChI is InChI=1S/C13H16N4OS/c1-8-7-11(16-10(3)15-8)13(18)17(4)9(2)12-14-5-6-19-12/h5-7,9H,1-4H3/t9-/m1/s1. The van der Waals surface area contributed by atoms with E-state index in [9.17, 15) is 4.79 Å². The summed E-state index contributed by atoms with van der Waals surface area (Å²) in [5, 5.41) is 2.82. The maximum Gasteiger partial charge on any atom is 0.272 e. The van der Waals surface area contributed by atoms with Gasteiger partial charge in [-0.2, -0.15) is 0 Å². The number of aromatic nitrogens is 3. The predicted molar refractivity (Wildman–Crippen MR) is 74.1 cm³/mol. The summed E-state index contributed by atoms with van der Waals surface area (Å²) in [6, 6.07) is 1.64. The number of hydrogen-bond acceptors (Lipinski definition) is 5. The molecule has 1 amide bonds. The molecule has 0 aliphatic rings. The second-order valence-electron chi connectivity index (χ2n) is 4.40. The molecule has 0 saturated heterocycles. The third-order valence-electron chi connectivity index (χ3n) is 2.90. The van der Waals surface area contributed by atoms with Gasteiger partial charge in [0.2, 0.25) is 0 Å². The number of amides is 1. The summed E-state index contributed by atoms with van der Waals surface area (Å²) in [4.78, 5) is 26.7. The first kappa shape index (κ1) is 13.6. The maximum absolute atomic E-state index is 12.4. The second kappa shape index (κ2) is 5.44. The molecular formula is C13H16N4OS. The highest BCUT2D eigenvalue weighted by Crippen LogP contribution is 2.22. The molecule has 1 atom stereocenters. The van der Waals surface area contributed by atoms with Crippen LogP contribution in [0.25, 0.3) is 0 Å². The molecule has 0 spiro atoms. The molecule has 0 unspecified atom stereocenters. The first-order valence-corrected chi connectivity index (χ1v) is 6.86. The molecule has 0 aliphatic heterocycles. The third-order valence-corrected chi connectivity index (χ3v) is 3.84. The van der Waals surface area contributed by atoms with Gasteiger partial charge in [0.25, 0.3) is 5.91 Å². The van der Waals surface area contributed by atoms with Crippen molar-refractivity contribution in [2.45, 2.75) is 26.8 Å². The molecule has 100 valence electrons. The normalized spacial score (nSPS) is 12.2. The first-order chi connectivity index (χ1) is 8.99. The monoisotopic (exact) mass is 276 g/mol. The Morgan fingerprint density at radius 2 is 2.11 bits per heavy atom. The van der Waals surface area contributed by atoms with Crippen LogP contribution in [0.5, 0.6) is 0 Å². The van der Waals surface area contributed by atoms with Gasteiger partial charge in [-0.05, 0) is 26.8 Å². The molecule has 0 N–H and O–H groups in total. The van der Waals surface area contributed by atoms with Gasteiger partial charge in [-0.15, -0.1) is 11.3 Å². The van der Waals surface area contributed by atoms with Gasteiger partial charge in [0.15, 0.2) is 0 Å². The fraction of sp³-hybridized carbons (Fsp3) is 0.385. The molecule has 2 aromatic rings. The summed E-state index contributed by atoms with van der Waals surface area (Å²) >= 11 is 1.54. The highest BCUT2D eigenvalue weighted by Gasteiger charge is 2.22. The van der Waals surface area contributed by atoms with E-state index in [0.29, 0.717) is 11.5 Å². The Morgan fingerprint density at radius 3 is 2.68 bits per heavy atom. The molecule has 19 heavy (non-hydrogen) atoms. The Bertz CT molecular complexity index is 562. The summed E-state index contributed by atoms with van der Waals surface area (Å²) < 4.78 is 0. The SMILES string of the molecule is Cc1cc(C(=O)N(C)[C@H](C)c2nccs2)nc(C)n1. The summed E-state index contributed by atoms with van der Waals surface area (Å²) in [6.45, 7) is 5.60. The van der Waals surface area contributed by atoms with E-state index in [1.165, 1.54) is 0 Å². The minimum atomic E-state index is -0.115. The van der Waals surface area contributed by atoms with Crippen molar-refractivity contribution in [3.63, 3.8) is 0 Å². The van der Waals surface area contributed by atoms with Gasteiger partial charge >= 0.3 is 0 Å². The molecule has 0 fully saturated rings. The van der Waals surface area contributed by atoms with Gasteiger partial charge < -0.3 is 4.90 Å². The largest absolute Gasteiger partial charge is 0.331 e. The van der Waals surface area contributed by atoms with Crippen LogP contribution in [-0.2, 0) is 0 Å². The van der Waals surface area contributed by atoms with Crippen molar-refractivity contribution in [1.82, 2.24) is 19.9 Å². The fourth-order valence-electron chi connectivity index (χ4n) is 1.79. The summed E-state index contributed by atoms with van der Waals surface area (Å²) in [5.41, 5.74) is 1.22. The number of carbonyl (C=O) groups excluding carboxylic acids is 1. The van der Waals surface area contributed by atoms with E-state index < -0.39 is 0 Å². The molecular weight excluding hydrogens is 260 g/mol. The van der Waals surface area contributed by atoms with Crippen LogP contribution in [0.4, 0.5) is 0 Å². The van der Waals surface area contributed by atoms with Crippen molar-refractivity contribution >= 4 is 17.2 Å². The number of nitrogens with zero attached hydrogens (tertiary/aromatic N) is 4. The number of hydrogen-bond donors (Lipinski definition) is 0. The van der Waals surface area contributed by atoms with Gasteiger partial charge in [0.1, 0.15) is 16.5 Å². The molecule has 0 saturated carbocycles. The maximum atomic E-state index is 12.4. The van der Waals surface area contributed by atoms with E-state index in [-0.39, 0.29) is 11.9 Å².